The zero-order valence-electron chi connectivity index (χ0n) is 15.0. The van der Waals surface area contributed by atoms with Crippen molar-refractivity contribution in [2.75, 3.05) is 11.5 Å². The van der Waals surface area contributed by atoms with E-state index >= 15 is 0 Å². The van der Waals surface area contributed by atoms with Gasteiger partial charge in [0.1, 0.15) is 18.1 Å². The van der Waals surface area contributed by atoms with Gasteiger partial charge in [0, 0.05) is 11.5 Å². The fourth-order valence-electron chi connectivity index (χ4n) is 1.89. The lowest BCUT2D eigenvalue weighted by molar-refractivity contribution is -0.143. The van der Waals surface area contributed by atoms with Crippen molar-refractivity contribution in [2.24, 2.45) is 11.5 Å². The van der Waals surface area contributed by atoms with E-state index in [0.717, 1.165) is 0 Å². The van der Waals surface area contributed by atoms with Crippen molar-refractivity contribution in [3.63, 3.8) is 0 Å². The van der Waals surface area contributed by atoms with Crippen LogP contribution in [-0.4, -0.2) is 81.5 Å². The molecule has 0 heterocycles. The number of primary amides is 1. The quantitative estimate of drug-likeness (QED) is 0.124. The predicted molar refractivity (Wildman–Crippen MR) is 105 cm³/mol. The SMILES string of the molecule is NC(=O)CC(NC(=O)C(CC(=O)O)NC(=O)C(N)CS)C(=O)NC(CS)C(=O)O. The monoisotopic (exact) mass is 453 g/mol. The smallest absolute Gasteiger partial charge is 0.327 e. The fourth-order valence-corrected chi connectivity index (χ4v) is 2.30. The Morgan fingerprint density at radius 3 is 1.59 bits per heavy atom. The van der Waals surface area contributed by atoms with Crippen LogP contribution in [0.15, 0.2) is 0 Å². The van der Waals surface area contributed by atoms with Gasteiger partial charge in [-0.1, -0.05) is 0 Å². The summed E-state index contributed by atoms with van der Waals surface area (Å²) in [4.78, 5) is 69.7. The van der Waals surface area contributed by atoms with Gasteiger partial charge in [-0.05, 0) is 0 Å². The van der Waals surface area contributed by atoms with E-state index in [1.54, 1.807) is 0 Å². The number of carboxylic acid groups (broad SMARTS) is 2. The molecule has 0 rings (SSSR count). The maximum Gasteiger partial charge on any atom is 0.327 e. The standard InChI is InChI=1S/C14H23N5O8S2/c15-5(3-28)11(23)17-7(2-10(21)22)13(25)18-6(1-9(16)20)12(24)19-8(4-29)14(26)27/h5-8,28-29H,1-4,15H2,(H2,16,20)(H,17,23)(H,18,25)(H,19,24)(H,21,22)(H,26,27). The van der Waals surface area contributed by atoms with Crippen LogP contribution in [0, 0.1) is 0 Å². The zero-order valence-corrected chi connectivity index (χ0v) is 16.8. The van der Waals surface area contributed by atoms with Crippen molar-refractivity contribution >= 4 is 60.8 Å². The number of carboxylic acids is 2. The number of hydrogen-bond acceptors (Lipinski definition) is 9. The summed E-state index contributed by atoms with van der Waals surface area (Å²) in [6.45, 7) is 0. The third-order valence-electron chi connectivity index (χ3n) is 3.38. The van der Waals surface area contributed by atoms with E-state index in [1.165, 1.54) is 0 Å². The molecule has 0 radical (unpaired) electrons. The van der Waals surface area contributed by atoms with Gasteiger partial charge in [0.2, 0.25) is 23.6 Å². The van der Waals surface area contributed by atoms with Gasteiger partial charge in [0.25, 0.3) is 0 Å². The minimum atomic E-state index is -1.63. The van der Waals surface area contributed by atoms with E-state index < -0.39 is 72.6 Å². The Labute approximate surface area is 176 Å². The Kier molecular flexibility index (Phi) is 11.7. The summed E-state index contributed by atoms with van der Waals surface area (Å²) in [5.74, 6) is -7.26. The first kappa shape index (κ1) is 26.5. The Morgan fingerprint density at radius 2 is 1.21 bits per heavy atom. The van der Waals surface area contributed by atoms with Crippen LogP contribution < -0.4 is 27.4 Å². The average Bonchev–Trinajstić information content (AvgIpc) is 2.62. The number of aliphatic carboxylic acids is 2. The van der Waals surface area contributed by atoms with Crippen molar-refractivity contribution in [1.29, 1.82) is 0 Å². The lowest BCUT2D eigenvalue weighted by Crippen LogP contribution is -2.58. The lowest BCUT2D eigenvalue weighted by atomic mass is 10.1. The van der Waals surface area contributed by atoms with Crippen LogP contribution in [0.4, 0.5) is 0 Å². The largest absolute Gasteiger partial charge is 0.481 e. The number of carbonyl (C=O) groups excluding carboxylic acids is 4. The van der Waals surface area contributed by atoms with Crippen LogP contribution in [-0.2, 0) is 28.8 Å². The first-order chi connectivity index (χ1) is 13.4. The third-order valence-corrected chi connectivity index (χ3v) is 4.14. The van der Waals surface area contributed by atoms with Crippen LogP contribution in [0.1, 0.15) is 12.8 Å². The molecular weight excluding hydrogens is 430 g/mol. The molecule has 164 valence electrons. The van der Waals surface area contributed by atoms with Gasteiger partial charge in [0.05, 0.1) is 18.9 Å². The number of thiol groups is 2. The molecule has 4 unspecified atom stereocenters. The van der Waals surface area contributed by atoms with Crippen molar-refractivity contribution in [3.05, 3.63) is 0 Å². The Bertz CT molecular complexity index is 662. The van der Waals surface area contributed by atoms with Gasteiger partial charge in [-0.2, -0.15) is 25.3 Å². The van der Waals surface area contributed by atoms with Gasteiger partial charge in [-0.25, -0.2) is 4.79 Å². The molecule has 0 aromatic rings. The first-order valence-corrected chi connectivity index (χ1v) is 9.30. The molecule has 0 bridgehead atoms. The minimum Gasteiger partial charge on any atom is -0.481 e. The first-order valence-electron chi connectivity index (χ1n) is 8.04. The highest BCUT2D eigenvalue weighted by atomic mass is 32.1. The van der Waals surface area contributed by atoms with Gasteiger partial charge in [-0.3, -0.25) is 24.0 Å². The molecule has 0 saturated carbocycles. The van der Waals surface area contributed by atoms with Crippen LogP contribution >= 0.6 is 25.3 Å². The summed E-state index contributed by atoms with van der Waals surface area (Å²) < 4.78 is 0. The summed E-state index contributed by atoms with van der Waals surface area (Å²) in [5, 5.41) is 24.1. The van der Waals surface area contributed by atoms with Gasteiger partial charge >= 0.3 is 11.9 Å². The lowest BCUT2D eigenvalue weighted by Gasteiger charge is -2.23. The summed E-state index contributed by atoms with van der Waals surface area (Å²) in [6, 6.07) is -5.79. The van der Waals surface area contributed by atoms with Crippen LogP contribution in [0.25, 0.3) is 0 Å². The highest BCUT2D eigenvalue weighted by Crippen LogP contribution is 2.01. The fraction of sp³-hybridized carbons (Fsp3) is 0.571. The van der Waals surface area contributed by atoms with Crippen molar-refractivity contribution < 1.29 is 39.0 Å². The molecule has 9 N–H and O–H groups in total. The summed E-state index contributed by atoms with van der Waals surface area (Å²) >= 11 is 7.58. The van der Waals surface area contributed by atoms with Crippen LogP contribution in [0.2, 0.25) is 0 Å². The molecule has 29 heavy (non-hydrogen) atoms. The molecule has 0 fully saturated rings. The molecule has 0 aliphatic heterocycles. The second-order valence-corrected chi connectivity index (χ2v) is 6.49. The number of nitrogens with two attached hydrogens (primary N) is 2. The third kappa shape index (κ3) is 10.00. The van der Waals surface area contributed by atoms with E-state index in [4.69, 9.17) is 21.7 Å². The maximum atomic E-state index is 12.4. The molecular formula is C14H23N5O8S2. The minimum absolute atomic E-state index is 0.0831. The second-order valence-electron chi connectivity index (χ2n) is 5.76. The summed E-state index contributed by atoms with van der Waals surface area (Å²) in [7, 11) is 0. The molecule has 4 atom stereocenters. The maximum absolute atomic E-state index is 12.4. The number of amides is 4. The van der Waals surface area contributed by atoms with E-state index in [-0.39, 0.29) is 11.5 Å². The second kappa shape index (κ2) is 12.8. The zero-order chi connectivity index (χ0) is 22.7. The van der Waals surface area contributed by atoms with Crippen molar-refractivity contribution in [2.45, 2.75) is 37.0 Å². The molecule has 0 spiro atoms. The normalized spacial score (nSPS) is 14.6. The molecule has 0 aromatic carbocycles. The highest BCUT2D eigenvalue weighted by Gasteiger charge is 2.31. The van der Waals surface area contributed by atoms with E-state index in [2.05, 4.69) is 41.2 Å². The molecule has 13 nitrogen and oxygen atoms in total. The van der Waals surface area contributed by atoms with E-state index in [0.29, 0.717) is 0 Å². The molecule has 0 aliphatic carbocycles. The molecule has 4 amide bonds. The van der Waals surface area contributed by atoms with Gasteiger partial charge in [0.15, 0.2) is 0 Å². The number of carbonyl (C=O) groups is 6. The van der Waals surface area contributed by atoms with Crippen molar-refractivity contribution in [1.82, 2.24) is 16.0 Å². The Balaban J connectivity index is 5.42. The number of nitrogens with one attached hydrogen (secondary N) is 3. The predicted octanol–water partition coefficient (Wildman–Crippen LogP) is -3.94. The van der Waals surface area contributed by atoms with Gasteiger partial charge < -0.3 is 37.6 Å². The van der Waals surface area contributed by atoms with Crippen molar-refractivity contribution in [3.8, 4) is 0 Å². The molecule has 0 aromatic heterocycles. The molecule has 0 aliphatic rings. The summed E-state index contributed by atoms with van der Waals surface area (Å²) in [6.07, 6.45) is -1.56. The average molecular weight is 453 g/mol. The Morgan fingerprint density at radius 1 is 0.759 bits per heavy atom. The highest BCUT2D eigenvalue weighted by molar-refractivity contribution is 7.80. The number of hydrogen-bond donors (Lipinski definition) is 9. The van der Waals surface area contributed by atoms with Crippen LogP contribution in [0.3, 0.4) is 0 Å². The topological polar surface area (TPSA) is 231 Å². The van der Waals surface area contributed by atoms with E-state index in [9.17, 15) is 28.8 Å². The summed E-state index contributed by atoms with van der Waals surface area (Å²) in [5.41, 5.74) is 10.5. The molecule has 15 heteroatoms. The van der Waals surface area contributed by atoms with Gasteiger partial charge in [-0.15, -0.1) is 0 Å². The number of rotatable bonds is 13. The molecule has 0 saturated heterocycles. The van der Waals surface area contributed by atoms with Crippen LogP contribution in [0.5, 0.6) is 0 Å². The van der Waals surface area contributed by atoms with E-state index in [1.807, 2.05) is 0 Å². The Hall–Kier alpha value is -2.52.